The largest absolute Gasteiger partial charge is 0.353 e. The second kappa shape index (κ2) is 14.9. The van der Waals surface area contributed by atoms with Crippen molar-refractivity contribution in [1.29, 1.82) is 0 Å². The molecular formula is C15H31N5O4S. The molecule has 10 heteroatoms. The zero-order chi connectivity index (χ0) is 19.1. The first-order valence-electron chi connectivity index (χ1n) is 8.32. The first-order valence-corrected chi connectivity index (χ1v) is 9.72. The van der Waals surface area contributed by atoms with Gasteiger partial charge in [0.1, 0.15) is 12.6 Å². The normalized spacial score (nSPS) is 13.0. The Balaban J connectivity index is 4.45. The van der Waals surface area contributed by atoms with E-state index in [0.717, 1.165) is 12.2 Å². The maximum atomic E-state index is 12.3. The van der Waals surface area contributed by atoms with Crippen molar-refractivity contribution >= 4 is 29.5 Å². The van der Waals surface area contributed by atoms with Crippen molar-refractivity contribution in [3.63, 3.8) is 0 Å². The van der Waals surface area contributed by atoms with E-state index in [0.29, 0.717) is 12.8 Å². The lowest BCUT2D eigenvalue weighted by atomic mass is 10.1. The molecule has 0 rings (SSSR count). The first-order chi connectivity index (χ1) is 12.0. The summed E-state index contributed by atoms with van der Waals surface area (Å²) in [5.74, 6) is 4.74. The van der Waals surface area contributed by atoms with Gasteiger partial charge in [-0.05, 0) is 31.9 Å². The lowest BCUT2D eigenvalue weighted by Crippen LogP contribution is -2.53. The quantitative estimate of drug-likeness (QED) is 0.188. The summed E-state index contributed by atoms with van der Waals surface area (Å²) in [7, 11) is 1.73. The summed E-state index contributed by atoms with van der Waals surface area (Å²) in [5, 5.41) is 11.0. The molecule has 0 spiro atoms. The summed E-state index contributed by atoms with van der Waals surface area (Å²) in [4.78, 5) is 40.0. The minimum Gasteiger partial charge on any atom is -0.353 e. The Bertz CT molecular complexity index is 411. The van der Waals surface area contributed by atoms with Gasteiger partial charge in [0, 0.05) is 13.1 Å². The fourth-order valence-electron chi connectivity index (χ4n) is 2.11. The number of nitrogens with two attached hydrogens (primary N) is 1. The van der Waals surface area contributed by atoms with Crippen molar-refractivity contribution in [2.45, 2.75) is 38.3 Å². The van der Waals surface area contributed by atoms with Crippen molar-refractivity contribution in [1.82, 2.24) is 21.3 Å². The predicted octanol–water partition coefficient (Wildman–Crippen LogP) is -1.26. The van der Waals surface area contributed by atoms with E-state index in [2.05, 4.69) is 26.1 Å². The lowest BCUT2D eigenvalue weighted by molar-refractivity contribution is -0.130. The van der Waals surface area contributed by atoms with Crippen molar-refractivity contribution in [2.24, 2.45) is 5.90 Å². The van der Waals surface area contributed by atoms with Gasteiger partial charge in [-0.25, -0.2) is 5.90 Å². The smallest absolute Gasteiger partial charge is 0.248 e. The average Bonchev–Trinajstić information content (AvgIpc) is 2.59. The Morgan fingerprint density at radius 1 is 1.08 bits per heavy atom. The number of carbonyl (C=O) groups excluding carboxylic acids is 3. The highest BCUT2D eigenvalue weighted by Gasteiger charge is 2.23. The molecule has 9 nitrogen and oxygen atoms in total. The molecule has 0 aromatic heterocycles. The summed E-state index contributed by atoms with van der Waals surface area (Å²) in [6.07, 6.45) is 4.05. The minimum atomic E-state index is -0.601. The predicted molar refractivity (Wildman–Crippen MR) is 98.8 cm³/mol. The Labute approximate surface area is 153 Å². The Morgan fingerprint density at radius 3 is 2.32 bits per heavy atom. The van der Waals surface area contributed by atoms with Gasteiger partial charge in [0.2, 0.25) is 17.7 Å². The molecule has 0 aliphatic heterocycles. The van der Waals surface area contributed by atoms with Gasteiger partial charge in [-0.3, -0.25) is 19.2 Å². The fourth-order valence-corrected chi connectivity index (χ4v) is 2.58. The monoisotopic (exact) mass is 377 g/mol. The Hall–Kier alpha value is -1.36. The van der Waals surface area contributed by atoms with Crippen LogP contribution in [0.25, 0.3) is 0 Å². The Morgan fingerprint density at radius 2 is 1.76 bits per heavy atom. The molecule has 0 heterocycles. The minimum absolute atomic E-state index is 0.181. The van der Waals surface area contributed by atoms with E-state index in [1.165, 1.54) is 0 Å². The molecule has 0 saturated carbocycles. The van der Waals surface area contributed by atoms with Crippen molar-refractivity contribution in [2.75, 3.05) is 38.8 Å². The number of amides is 3. The van der Waals surface area contributed by atoms with Crippen LogP contribution in [0.2, 0.25) is 0 Å². The topological polar surface area (TPSA) is 135 Å². The molecule has 146 valence electrons. The number of carbonyl (C=O) groups is 3. The second-order valence-electron chi connectivity index (χ2n) is 5.42. The van der Waals surface area contributed by atoms with Gasteiger partial charge in [-0.1, -0.05) is 13.3 Å². The third-order valence-electron chi connectivity index (χ3n) is 3.45. The van der Waals surface area contributed by atoms with Crippen LogP contribution in [0.1, 0.15) is 26.2 Å². The van der Waals surface area contributed by atoms with Crippen LogP contribution in [0, 0.1) is 0 Å². The zero-order valence-electron chi connectivity index (χ0n) is 15.2. The van der Waals surface area contributed by atoms with Gasteiger partial charge in [0.05, 0.1) is 6.04 Å². The molecule has 0 bridgehead atoms. The highest BCUT2D eigenvalue weighted by atomic mass is 32.2. The molecule has 2 atom stereocenters. The molecule has 0 aliphatic rings. The van der Waals surface area contributed by atoms with Crippen molar-refractivity contribution < 1.29 is 19.2 Å². The van der Waals surface area contributed by atoms with Crippen LogP contribution in [-0.2, 0) is 19.2 Å². The highest BCUT2D eigenvalue weighted by molar-refractivity contribution is 7.98. The molecule has 6 N–H and O–H groups in total. The van der Waals surface area contributed by atoms with Crippen LogP contribution in [0.4, 0.5) is 0 Å². The number of hydrogen-bond donors (Lipinski definition) is 5. The molecule has 3 amide bonds. The summed E-state index contributed by atoms with van der Waals surface area (Å²) < 4.78 is 0. The van der Waals surface area contributed by atoms with E-state index in [-0.39, 0.29) is 43.5 Å². The molecule has 0 saturated heterocycles. The molecule has 0 aromatic rings. The fraction of sp³-hybridized carbons (Fsp3) is 0.800. The van der Waals surface area contributed by atoms with E-state index in [9.17, 15) is 14.4 Å². The lowest BCUT2D eigenvalue weighted by Gasteiger charge is -2.22. The summed E-state index contributed by atoms with van der Waals surface area (Å²) in [6, 6.07) is -0.916. The van der Waals surface area contributed by atoms with E-state index in [1.54, 1.807) is 18.8 Å². The molecular weight excluding hydrogens is 346 g/mol. The number of rotatable bonds is 14. The highest BCUT2D eigenvalue weighted by Crippen LogP contribution is 2.03. The van der Waals surface area contributed by atoms with E-state index >= 15 is 0 Å². The van der Waals surface area contributed by atoms with E-state index < -0.39 is 6.04 Å². The second-order valence-corrected chi connectivity index (χ2v) is 6.41. The van der Waals surface area contributed by atoms with Crippen molar-refractivity contribution in [3.05, 3.63) is 0 Å². The van der Waals surface area contributed by atoms with Crippen LogP contribution in [-0.4, -0.2) is 68.6 Å². The average molecular weight is 378 g/mol. The maximum absolute atomic E-state index is 12.3. The molecule has 0 radical (unpaired) electrons. The van der Waals surface area contributed by atoms with Gasteiger partial charge in [0.15, 0.2) is 0 Å². The van der Waals surface area contributed by atoms with E-state index in [1.807, 2.05) is 13.2 Å². The van der Waals surface area contributed by atoms with Crippen molar-refractivity contribution in [3.8, 4) is 0 Å². The van der Waals surface area contributed by atoms with Gasteiger partial charge < -0.3 is 21.3 Å². The zero-order valence-corrected chi connectivity index (χ0v) is 16.0. The van der Waals surface area contributed by atoms with Gasteiger partial charge in [0.25, 0.3) is 0 Å². The molecule has 0 fully saturated rings. The molecule has 0 aliphatic carbocycles. The molecule has 0 aromatic carbocycles. The third kappa shape index (κ3) is 11.0. The summed E-state index contributed by atoms with van der Waals surface area (Å²) in [6.45, 7) is 2.28. The van der Waals surface area contributed by atoms with Crippen LogP contribution >= 0.6 is 11.8 Å². The van der Waals surface area contributed by atoms with Crippen LogP contribution in [0.15, 0.2) is 0 Å². The number of likely N-dealkylation sites (N-methyl/N-ethyl adjacent to an activating group) is 1. The SMILES string of the molecule is CCC[C@H](NC)C(=O)N[C@@H](CCSC)C(=O)NCCNC(=O)CON. The summed E-state index contributed by atoms with van der Waals surface area (Å²) >= 11 is 1.61. The van der Waals surface area contributed by atoms with Gasteiger partial charge in [-0.2, -0.15) is 11.8 Å². The Kier molecular flexibility index (Phi) is 14.1. The number of hydrogen-bond acceptors (Lipinski definition) is 7. The first kappa shape index (κ1) is 23.6. The molecule has 0 unspecified atom stereocenters. The maximum Gasteiger partial charge on any atom is 0.248 e. The summed E-state index contributed by atoms with van der Waals surface area (Å²) in [5.41, 5.74) is 0. The van der Waals surface area contributed by atoms with Crippen LogP contribution in [0.5, 0.6) is 0 Å². The van der Waals surface area contributed by atoms with E-state index in [4.69, 9.17) is 5.90 Å². The van der Waals surface area contributed by atoms with Gasteiger partial charge >= 0.3 is 0 Å². The van der Waals surface area contributed by atoms with Crippen LogP contribution < -0.4 is 27.2 Å². The molecule has 25 heavy (non-hydrogen) atoms. The van der Waals surface area contributed by atoms with Crippen LogP contribution in [0.3, 0.4) is 0 Å². The van der Waals surface area contributed by atoms with Gasteiger partial charge in [-0.15, -0.1) is 0 Å². The third-order valence-corrected chi connectivity index (χ3v) is 4.09. The standard InChI is InChI=1S/C15H31N5O4S/c1-4-5-11(17-2)15(23)20-12(6-9-25-3)14(22)19-8-7-18-13(21)10-24-16/h11-12,17H,4-10,16H2,1-3H3,(H,18,21)(H,19,22)(H,20,23)/t11-,12-/m0/s1. The number of nitrogens with one attached hydrogen (secondary N) is 4. The number of thioether (sulfide) groups is 1.